The molecule has 0 fully saturated rings. The van der Waals surface area contributed by atoms with Gasteiger partial charge < -0.3 is 16.0 Å². The second-order valence-corrected chi connectivity index (χ2v) is 9.80. The zero-order chi connectivity index (χ0) is 26.0. The van der Waals surface area contributed by atoms with Crippen LogP contribution < -0.4 is 16.4 Å². The van der Waals surface area contributed by atoms with Crippen molar-refractivity contribution in [2.75, 3.05) is 13.1 Å². The Labute approximate surface area is 214 Å². The fraction of sp³-hybridized carbons (Fsp3) is 0.367. The van der Waals surface area contributed by atoms with Crippen LogP contribution in [0.4, 0.5) is 4.79 Å². The molecule has 5 heteroatoms. The molecule has 1 aromatic rings. The van der Waals surface area contributed by atoms with E-state index in [0.717, 1.165) is 35.7 Å². The van der Waals surface area contributed by atoms with Crippen molar-refractivity contribution in [3.05, 3.63) is 93.9 Å². The van der Waals surface area contributed by atoms with Gasteiger partial charge in [0.1, 0.15) is 0 Å². The average Bonchev–Trinajstić information content (AvgIpc) is 3.21. The van der Waals surface area contributed by atoms with E-state index in [4.69, 9.17) is 5.73 Å². The number of nitrogens with zero attached hydrogens (tertiary/aromatic N) is 1. The minimum Gasteiger partial charge on any atom is -0.397 e. The summed E-state index contributed by atoms with van der Waals surface area (Å²) in [4.78, 5) is 15.0. The molecule has 0 radical (unpaired) electrons. The Bertz CT molecular complexity index is 1090. The van der Waals surface area contributed by atoms with Gasteiger partial charge in [-0.1, -0.05) is 74.9 Å². The molecule has 0 bridgehead atoms. The van der Waals surface area contributed by atoms with Crippen LogP contribution in [0.15, 0.2) is 88.3 Å². The molecule has 1 atom stereocenters. The first-order chi connectivity index (χ1) is 16.7. The van der Waals surface area contributed by atoms with Crippen molar-refractivity contribution in [3.8, 4) is 0 Å². The number of allylic oxidation sites excluding steroid dienone is 7. The molecule has 1 aromatic carbocycles. The first-order valence-electron chi connectivity index (χ1n) is 12.5. The lowest BCUT2D eigenvalue weighted by Crippen LogP contribution is -2.39. The summed E-state index contributed by atoms with van der Waals surface area (Å²) in [6.45, 7) is 13.9. The third-order valence-electron chi connectivity index (χ3n) is 6.22. The van der Waals surface area contributed by atoms with Crippen molar-refractivity contribution >= 4 is 26.1 Å². The predicted molar refractivity (Wildman–Crippen MR) is 155 cm³/mol. The Hall–Kier alpha value is -2.84. The average molecular weight is 492 g/mol. The molecule has 0 spiro atoms. The van der Waals surface area contributed by atoms with Gasteiger partial charge in [0.25, 0.3) is 0 Å². The van der Waals surface area contributed by atoms with E-state index in [2.05, 4.69) is 85.6 Å². The van der Waals surface area contributed by atoms with Crippen LogP contribution in [0.25, 0.3) is 5.57 Å². The van der Waals surface area contributed by atoms with Crippen molar-refractivity contribution < 1.29 is 4.79 Å². The first kappa shape index (κ1) is 28.4. The summed E-state index contributed by atoms with van der Waals surface area (Å²) >= 11 is 0. The number of nitrogens with one attached hydrogen (secondary N) is 1. The standard InChI is InChI=1S/C30H42N3OP/c1-7-10-29(28(31)16-11-22(5)25-12-14-27(35)15-13-25)32-30(34)33-19-23(6)26(20-33)18-24(9-3)17-21(4)8-2/h10-18H,7-9,19-20,31,35H2,1-6H3,(H,32,34)/b21-17-,22-11+,24-18-,28-16+,29-10-. The van der Waals surface area contributed by atoms with Crippen molar-refractivity contribution in [2.45, 2.75) is 60.8 Å². The van der Waals surface area contributed by atoms with Gasteiger partial charge in [-0.05, 0) is 79.3 Å². The molecule has 0 saturated carbocycles. The van der Waals surface area contributed by atoms with E-state index in [1.54, 1.807) is 0 Å². The summed E-state index contributed by atoms with van der Waals surface area (Å²) in [6, 6.07) is 8.17. The van der Waals surface area contributed by atoms with Crippen LogP contribution >= 0.6 is 9.24 Å². The summed E-state index contributed by atoms with van der Waals surface area (Å²) in [5.74, 6) is 0. The lowest BCUT2D eigenvalue weighted by Gasteiger charge is -2.19. The zero-order valence-corrected chi connectivity index (χ0v) is 23.4. The highest BCUT2D eigenvalue weighted by Gasteiger charge is 2.23. The number of hydrogen-bond donors (Lipinski definition) is 2. The van der Waals surface area contributed by atoms with Gasteiger partial charge in [0, 0.05) is 13.1 Å². The second kappa shape index (κ2) is 13.9. The van der Waals surface area contributed by atoms with Gasteiger partial charge in [-0.25, -0.2) is 4.79 Å². The van der Waals surface area contributed by atoms with Crippen molar-refractivity contribution in [3.63, 3.8) is 0 Å². The van der Waals surface area contributed by atoms with Gasteiger partial charge in [0.15, 0.2) is 0 Å². The lowest BCUT2D eigenvalue weighted by atomic mass is 10.0. The van der Waals surface area contributed by atoms with Gasteiger partial charge in [-0.3, -0.25) is 0 Å². The monoisotopic (exact) mass is 491 g/mol. The summed E-state index contributed by atoms with van der Waals surface area (Å²) < 4.78 is 0. The van der Waals surface area contributed by atoms with E-state index >= 15 is 0 Å². The van der Waals surface area contributed by atoms with Gasteiger partial charge in [-0.15, -0.1) is 9.24 Å². The number of nitrogens with two attached hydrogens (primary N) is 1. The van der Waals surface area contributed by atoms with E-state index in [1.165, 1.54) is 22.3 Å². The Morgan fingerprint density at radius 3 is 2.37 bits per heavy atom. The highest BCUT2D eigenvalue weighted by Crippen LogP contribution is 2.22. The maximum atomic E-state index is 13.1. The molecule has 3 N–H and O–H groups in total. The van der Waals surface area contributed by atoms with Gasteiger partial charge in [0.2, 0.25) is 0 Å². The van der Waals surface area contributed by atoms with Crippen LogP contribution in [0.1, 0.15) is 66.4 Å². The van der Waals surface area contributed by atoms with Gasteiger partial charge in [-0.2, -0.15) is 0 Å². The quantitative estimate of drug-likeness (QED) is 0.296. The number of benzene rings is 1. The Morgan fingerprint density at radius 2 is 1.77 bits per heavy atom. The second-order valence-electron chi connectivity index (χ2n) is 9.13. The normalized spacial score (nSPS) is 16.3. The van der Waals surface area contributed by atoms with Crippen LogP contribution in [-0.2, 0) is 0 Å². The molecule has 0 aromatic heterocycles. The molecule has 2 rings (SSSR count). The molecule has 188 valence electrons. The summed E-state index contributed by atoms with van der Waals surface area (Å²) in [7, 11) is 2.70. The highest BCUT2D eigenvalue weighted by atomic mass is 31.0. The summed E-state index contributed by atoms with van der Waals surface area (Å²) in [5, 5.41) is 4.19. The molecule has 35 heavy (non-hydrogen) atoms. The molecule has 4 nitrogen and oxygen atoms in total. The maximum absolute atomic E-state index is 13.1. The summed E-state index contributed by atoms with van der Waals surface area (Å²) in [6.07, 6.45) is 13.1. The molecule has 2 amide bonds. The SMILES string of the molecule is CC/C=C(NC(=O)N1CC(C)=C(/C=C(\C=C(\C)CC)CC)C1)/C(N)=C\C=C(/C)c1ccc(P)cc1. The minimum atomic E-state index is -0.126. The Balaban J connectivity index is 2.12. The maximum Gasteiger partial charge on any atom is 0.322 e. The first-order valence-corrected chi connectivity index (χ1v) is 13.1. The molecule has 1 heterocycles. The van der Waals surface area contributed by atoms with Crippen molar-refractivity contribution in [1.29, 1.82) is 0 Å². The van der Waals surface area contributed by atoms with E-state index in [9.17, 15) is 4.79 Å². The van der Waals surface area contributed by atoms with Crippen LogP contribution in [0.2, 0.25) is 0 Å². The largest absolute Gasteiger partial charge is 0.397 e. The van der Waals surface area contributed by atoms with Gasteiger partial charge in [0.05, 0.1) is 11.4 Å². The molecule has 0 aliphatic carbocycles. The summed E-state index contributed by atoms with van der Waals surface area (Å²) in [5.41, 5.74) is 14.9. The van der Waals surface area contributed by atoms with E-state index in [0.29, 0.717) is 24.5 Å². The topological polar surface area (TPSA) is 58.4 Å². The van der Waals surface area contributed by atoms with E-state index in [-0.39, 0.29) is 6.03 Å². The Kier molecular flexibility index (Phi) is 11.3. The van der Waals surface area contributed by atoms with E-state index in [1.807, 2.05) is 30.1 Å². The predicted octanol–water partition coefficient (Wildman–Crippen LogP) is 6.76. The highest BCUT2D eigenvalue weighted by molar-refractivity contribution is 7.27. The fourth-order valence-electron chi connectivity index (χ4n) is 3.77. The molecule has 1 aliphatic heterocycles. The van der Waals surface area contributed by atoms with Gasteiger partial charge >= 0.3 is 6.03 Å². The van der Waals surface area contributed by atoms with E-state index < -0.39 is 0 Å². The number of carbonyl (C=O) groups is 1. The van der Waals surface area contributed by atoms with Crippen LogP contribution in [0, 0.1) is 0 Å². The van der Waals surface area contributed by atoms with Crippen LogP contribution in [-0.4, -0.2) is 24.0 Å². The lowest BCUT2D eigenvalue weighted by molar-refractivity contribution is 0.213. The molecular weight excluding hydrogens is 449 g/mol. The third-order valence-corrected chi connectivity index (χ3v) is 6.61. The number of rotatable bonds is 9. The van der Waals surface area contributed by atoms with Crippen LogP contribution in [0.3, 0.4) is 0 Å². The Morgan fingerprint density at radius 1 is 1.09 bits per heavy atom. The minimum absolute atomic E-state index is 0.126. The van der Waals surface area contributed by atoms with Crippen molar-refractivity contribution in [2.24, 2.45) is 5.73 Å². The number of hydrogen-bond acceptors (Lipinski definition) is 2. The molecule has 0 saturated heterocycles. The number of carbonyl (C=O) groups excluding carboxylic acids is 1. The number of urea groups is 1. The molecule has 1 aliphatic rings. The molecule has 1 unspecified atom stereocenters. The van der Waals surface area contributed by atoms with Crippen molar-refractivity contribution in [1.82, 2.24) is 10.2 Å². The smallest absolute Gasteiger partial charge is 0.322 e. The van der Waals surface area contributed by atoms with Crippen LogP contribution in [0.5, 0.6) is 0 Å². The third kappa shape index (κ3) is 8.71. The number of amides is 2. The zero-order valence-electron chi connectivity index (χ0n) is 22.2. The molecular formula is C30H42N3OP. The fourth-order valence-corrected chi connectivity index (χ4v) is 3.96.